The summed E-state index contributed by atoms with van der Waals surface area (Å²) >= 11 is 14.9. The summed E-state index contributed by atoms with van der Waals surface area (Å²) in [6, 6.07) is 7.24. The number of ether oxygens (including phenoxy) is 1. The van der Waals surface area contributed by atoms with E-state index in [9.17, 15) is 8.78 Å². The number of halogens is 5. The van der Waals surface area contributed by atoms with Crippen LogP contribution >= 0.6 is 39.1 Å². The van der Waals surface area contributed by atoms with Crippen molar-refractivity contribution in [2.24, 2.45) is 0 Å². The zero-order chi connectivity index (χ0) is 14.7. The van der Waals surface area contributed by atoms with Crippen molar-refractivity contribution in [1.82, 2.24) is 0 Å². The molecule has 0 heterocycles. The molecule has 0 aromatic heterocycles. The highest BCUT2D eigenvalue weighted by molar-refractivity contribution is 9.08. The third kappa shape index (κ3) is 3.62. The van der Waals surface area contributed by atoms with Gasteiger partial charge in [-0.1, -0.05) is 39.1 Å². The van der Waals surface area contributed by atoms with E-state index in [4.69, 9.17) is 27.9 Å². The van der Waals surface area contributed by atoms with Gasteiger partial charge in [0.05, 0.1) is 0 Å². The molecule has 0 aliphatic heterocycles. The molecule has 0 atom stereocenters. The van der Waals surface area contributed by atoms with E-state index in [1.54, 1.807) is 18.2 Å². The van der Waals surface area contributed by atoms with Crippen molar-refractivity contribution in [2.75, 3.05) is 0 Å². The molecular formula is C14H9BrCl2F2O. The smallest absolute Gasteiger partial charge is 0.191 e. The number of benzene rings is 2. The van der Waals surface area contributed by atoms with Crippen molar-refractivity contribution < 1.29 is 13.5 Å². The molecular weight excluding hydrogens is 373 g/mol. The van der Waals surface area contributed by atoms with Crippen LogP contribution in [0, 0.1) is 11.6 Å². The first kappa shape index (κ1) is 15.5. The summed E-state index contributed by atoms with van der Waals surface area (Å²) in [5.41, 5.74) is 1.05. The Morgan fingerprint density at radius 2 is 1.70 bits per heavy atom. The van der Waals surface area contributed by atoms with Crippen molar-refractivity contribution in [3.63, 3.8) is 0 Å². The number of rotatable bonds is 4. The minimum absolute atomic E-state index is 0.0686. The first-order chi connectivity index (χ1) is 9.51. The van der Waals surface area contributed by atoms with Gasteiger partial charge in [-0.3, -0.25) is 0 Å². The molecule has 0 aliphatic rings. The van der Waals surface area contributed by atoms with Crippen LogP contribution in [0.5, 0.6) is 5.75 Å². The molecule has 1 nitrogen and oxygen atoms in total. The molecule has 106 valence electrons. The van der Waals surface area contributed by atoms with Gasteiger partial charge in [0.2, 0.25) is 0 Å². The third-order valence-electron chi connectivity index (χ3n) is 2.59. The minimum atomic E-state index is -0.752. The minimum Gasteiger partial charge on any atom is -0.483 e. The van der Waals surface area contributed by atoms with E-state index < -0.39 is 17.4 Å². The van der Waals surface area contributed by atoms with Gasteiger partial charge in [0, 0.05) is 20.9 Å². The second-order valence-electron chi connectivity index (χ2n) is 4.05. The van der Waals surface area contributed by atoms with E-state index in [1.165, 1.54) is 12.1 Å². The van der Waals surface area contributed by atoms with E-state index >= 15 is 0 Å². The maximum absolute atomic E-state index is 13.7. The van der Waals surface area contributed by atoms with Crippen LogP contribution in [0.2, 0.25) is 10.0 Å². The molecule has 20 heavy (non-hydrogen) atoms. The van der Waals surface area contributed by atoms with Crippen LogP contribution in [0.15, 0.2) is 30.3 Å². The topological polar surface area (TPSA) is 9.23 Å². The van der Waals surface area contributed by atoms with Gasteiger partial charge in [-0.15, -0.1) is 0 Å². The Kier molecular flexibility index (Phi) is 5.24. The van der Waals surface area contributed by atoms with Gasteiger partial charge >= 0.3 is 0 Å². The molecule has 6 heteroatoms. The Morgan fingerprint density at radius 1 is 1.05 bits per heavy atom. The summed E-state index contributed by atoms with van der Waals surface area (Å²) < 4.78 is 32.7. The van der Waals surface area contributed by atoms with E-state index in [0.717, 1.165) is 0 Å². The fraction of sp³-hybridized carbons (Fsp3) is 0.143. The van der Waals surface area contributed by atoms with Crippen LogP contribution in [-0.4, -0.2) is 0 Å². The average Bonchev–Trinajstić information content (AvgIpc) is 2.41. The molecule has 0 unspecified atom stereocenters. The summed E-state index contributed by atoms with van der Waals surface area (Å²) in [6.45, 7) is -0.0686. The number of hydrogen-bond donors (Lipinski definition) is 0. The van der Waals surface area contributed by atoms with Gasteiger partial charge in [-0.05, 0) is 35.9 Å². The van der Waals surface area contributed by atoms with E-state index in [0.29, 0.717) is 26.5 Å². The SMILES string of the molecule is Fc1cc(CBr)cc(F)c1OCc1cc(Cl)ccc1Cl. The van der Waals surface area contributed by atoms with Crippen molar-refractivity contribution in [2.45, 2.75) is 11.9 Å². The van der Waals surface area contributed by atoms with Gasteiger partial charge in [0.15, 0.2) is 17.4 Å². The largest absolute Gasteiger partial charge is 0.483 e. The molecule has 0 N–H and O–H groups in total. The Balaban J connectivity index is 2.21. The second-order valence-corrected chi connectivity index (χ2v) is 5.45. The molecule has 0 fully saturated rings. The molecule has 2 aromatic carbocycles. The van der Waals surface area contributed by atoms with Gasteiger partial charge in [-0.2, -0.15) is 0 Å². The average molecular weight is 382 g/mol. The summed E-state index contributed by atoms with van der Waals surface area (Å²) in [5, 5.41) is 1.26. The first-order valence-corrected chi connectivity index (χ1v) is 7.49. The summed E-state index contributed by atoms with van der Waals surface area (Å²) in [6.07, 6.45) is 0. The van der Waals surface area contributed by atoms with E-state index in [-0.39, 0.29) is 6.61 Å². The van der Waals surface area contributed by atoms with Gasteiger partial charge in [0.25, 0.3) is 0 Å². The summed E-state index contributed by atoms with van der Waals surface area (Å²) in [7, 11) is 0. The van der Waals surface area contributed by atoms with Gasteiger partial charge in [0.1, 0.15) is 6.61 Å². The van der Waals surface area contributed by atoms with Crippen LogP contribution in [0.1, 0.15) is 11.1 Å². The molecule has 2 rings (SSSR count). The molecule has 0 aliphatic carbocycles. The Labute approximate surface area is 133 Å². The molecule has 0 saturated carbocycles. The second kappa shape index (κ2) is 6.74. The Hall–Kier alpha value is -0.840. The fourth-order valence-electron chi connectivity index (χ4n) is 1.63. The monoisotopic (exact) mass is 380 g/mol. The predicted octanol–water partition coefficient (Wildman–Crippen LogP) is 5.75. The van der Waals surface area contributed by atoms with Crippen LogP contribution < -0.4 is 4.74 Å². The van der Waals surface area contributed by atoms with Gasteiger partial charge in [-0.25, -0.2) is 8.78 Å². The molecule has 0 radical (unpaired) electrons. The quantitative estimate of drug-likeness (QED) is 0.613. The highest BCUT2D eigenvalue weighted by atomic mass is 79.9. The molecule has 0 amide bonds. The summed E-state index contributed by atoms with van der Waals surface area (Å²) in [5.74, 6) is -1.93. The third-order valence-corrected chi connectivity index (χ3v) is 3.84. The molecule has 2 aromatic rings. The first-order valence-electron chi connectivity index (χ1n) is 5.62. The van der Waals surface area contributed by atoms with E-state index in [1.807, 2.05) is 0 Å². The molecule has 0 bridgehead atoms. The van der Waals surface area contributed by atoms with Crippen LogP contribution in [0.4, 0.5) is 8.78 Å². The van der Waals surface area contributed by atoms with Gasteiger partial charge < -0.3 is 4.74 Å². The Bertz CT molecular complexity index is 612. The predicted molar refractivity (Wildman–Crippen MR) is 79.8 cm³/mol. The maximum Gasteiger partial charge on any atom is 0.191 e. The van der Waals surface area contributed by atoms with Crippen LogP contribution in [0.25, 0.3) is 0 Å². The molecule has 0 spiro atoms. The Morgan fingerprint density at radius 3 is 2.30 bits per heavy atom. The van der Waals surface area contributed by atoms with Crippen molar-refractivity contribution in [3.05, 3.63) is 63.1 Å². The fourth-order valence-corrected chi connectivity index (χ4v) is 2.32. The molecule has 0 saturated heterocycles. The zero-order valence-electron chi connectivity index (χ0n) is 10.1. The normalized spacial score (nSPS) is 10.7. The van der Waals surface area contributed by atoms with Crippen molar-refractivity contribution >= 4 is 39.1 Å². The lowest BCUT2D eigenvalue weighted by molar-refractivity contribution is 0.274. The zero-order valence-corrected chi connectivity index (χ0v) is 13.2. The number of hydrogen-bond acceptors (Lipinski definition) is 1. The summed E-state index contributed by atoms with van der Waals surface area (Å²) in [4.78, 5) is 0. The van der Waals surface area contributed by atoms with E-state index in [2.05, 4.69) is 15.9 Å². The van der Waals surface area contributed by atoms with Crippen LogP contribution in [0.3, 0.4) is 0 Å². The van der Waals surface area contributed by atoms with Crippen molar-refractivity contribution in [1.29, 1.82) is 0 Å². The standard InChI is InChI=1S/C14H9BrCl2F2O/c15-6-8-3-12(18)14(13(19)4-8)20-7-9-5-10(16)1-2-11(9)17/h1-5H,6-7H2. The maximum atomic E-state index is 13.7. The lowest BCUT2D eigenvalue weighted by Crippen LogP contribution is -2.01. The highest BCUT2D eigenvalue weighted by Crippen LogP contribution is 2.27. The van der Waals surface area contributed by atoms with Crippen molar-refractivity contribution in [3.8, 4) is 5.75 Å². The lowest BCUT2D eigenvalue weighted by atomic mass is 10.2. The number of alkyl halides is 1. The van der Waals surface area contributed by atoms with Crippen LogP contribution in [-0.2, 0) is 11.9 Å². The highest BCUT2D eigenvalue weighted by Gasteiger charge is 2.13. The lowest BCUT2D eigenvalue weighted by Gasteiger charge is -2.11.